The van der Waals surface area contributed by atoms with Crippen LogP contribution in [-0.2, 0) is 6.61 Å². The van der Waals surface area contributed by atoms with E-state index in [1.165, 1.54) is 11.3 Å². The summed E-state index contributed by atoms with van der Waals surface area (Å²) in [5.74, 6) is 0. The Morgan fingerprint density at radius 3 is 2.53 bits per heavy atom. The molecule has 2 aromatic rings. The molecule has 1 N–H and O–H groups in total. The lowest BCUT2D eigenvalue weighted by Crippen LogP contribution is -2.16. The first-order valence-corrected chi connectivity index (χ1v) is 7.18. The van der Waals surface area contributed by atoms with E-state index in [1.54, 1.807) is 0 Å². The Balaban J connectivity index is 2.42. The lowest BCUT2D eigenvalue weighted by Gasteiger charge is -2.25. The van der Waals surface area contributed by atoms with E-state index in [2.05, 4.69) is 58.9 Å². The van der Waals surface area contributed by atoms with Crippen molar-refractivity contribution >= 4 is 27.3 Å². The molecular weight excluding hydrogens is 302 g/mol. The molecule has 0 unspecified atom stereocenters. The molecule has 0 fully saturated rings. The van der Waals surface area contributed by atoms with Crippen LogP contribution in [0.25, 0.3) is 0 Å². The molecule has 0 aliphatic rings. The summed E-state index contributed by atoms with van der Waals surface area (Å²) in [4.78, 5) is 2.25. The molecule has 0 radical (unpaired) electrons. The van der Waals surface area contributed by atoms with E-state index in [-0.39, 0.29) is 6.61 Å². The van der Waals surface area contributed by atoms with Crippen LogP contribution in [0.15, 0.2) is 46.9 Å². The van der Waals surface area contributed by atoms with Crippen LogP contribution in [0.1, 0.15) is 18.1 Å². The van der Waals surface area contributed by atoms with Crippen molar-refractivity contribution in [2.75, 3.05) is 11.4 Å². The zero-order valence-electron chi connectivity index (χ0n) is 11.2. The molecule has 2 nitrogen and oxygen atoms in total. The minimum Gasteiger partial charge on any atom is -0.392 e. The number of benzene rings is 2. The third kappa shape index (κ3) is 3.17. The van der Waals surface area contributed by atoms with Crippen molar-refractivity contribution in [1.29, 1.82) is 0 Å². The van der Waals surface area contributed by atoms with Crippen LogP contribution in [0.3, 0.4) is 0 Å². The van der Waals surface area contributed by atoms with Gasteiger partial charge in [0.05, 0.1) is 12.3 Å². The number of aryl methyl sites for hydroxylation is 1. The Morgan fingerprint density at radius 2 is 1.95 bits per heavy atom. The normalized spacial score (nSPS) is 10.5. The summed E-state index contributed by atoms with van der Waals surface area (Å²) >= 11 is 3.59. The van der Waals surface area contributed by atoms with Crippen LogP contribution in [-0.4, -0.2) is 11.7 Å². The summed E-state index contributed by atoms with van der Waals surface area (Å²) in [6.45, 7) is 5.19. The number of hydrogen-bond donors (Lipinski definition) is 1. The monoisotopic (exact) mass is 319 g/mol. The maximum Gasteiger partial charge on any atom is 0.0682 e. The molecule has 0 heterocycles. The summed E-state index contributed by atoms with van der Waals surface area (Å²) < 4.78 is 1.00. The number of hydrogen-bond acceptors (Lipinski definition) is 2. The fourth-order valence-corrected chi connectivity index (χ4v) is 2.80. The summed E-state index contributed by atoms with van der Waals surface area (Å²) in [5, 5.41) is 9.17. The second-order valence-electron chi connectivity index (χ2n) is 4.53. The van der Waals surface area contributed by atoms with Gasteiger partial charge in [0.25, 0.3) is 0 Å². The highest BCUT2D eigenvalue weighted by molar-refractivity contribution is 9.10. The van der Waals surface area contributed by atoms with Crippen LogP contribution in [0.5, 0.6) is 0 Å². The van der Waals surface area contributed by atoms with Gasteiger partial charge in [-0.15, -0.1) is 0 Å². The largest absolute Gasteiger partial charge is 0.392 e. The molecule has 0 spiro atoms. The Hall–Kier alpha value is -1.32. The Morgan fingerprint density at radius 1 is 1.16 bits per heavy atom. The van der Waals surface area contributed by atoms with Crippen LogP contribution < -0.4 is 4.90 Å². The number of rotatable bonds is 4. The third-order valence-corrected chi connectivity index (χ3v) is 3.75. The average Bonchev–Trinajstić information content (AvgIpc) is 2.41. The number of aliphatic hydroxyl groups excluding tert-OH is 1. The maximum absolute atomic E-state index is 9.17. The van der Waals surface area contributed by atoms with Crippen LogP contribution >= 0.6 is 15.9 Å². The van der Waals surface area contributed by atoms with Gasteiger partial charge in [-0.2, -0.15) is 0 Å². The highest BCUT2D eigenvalue weighted by Crippen LogP contribution is 2.33. The molecular formula is C16H18BrNO. The van der Waals surface area contributed by atoms with Crippen molar-refractivity contribution in [3.8, 4) is 0 Å². The van der Waals surface area contributed by atoms with E-state index in [4.69, 9.17) is 5.11 Å². The van der Waals surface area contributed by atoms with E-state index in [1.807, 2.05) is 18.2 Å². The van der Waals surface area contributed by atoms with Gasteiger partial charge in [-0.3, -0.25) is 0 Å². The lowest BCUT2D eigenvalue weighted by molar-refractivity contribution is 0.282. The van der Waals surface area contributed by atoms with Gasteiger partial charge in [-0.05, 0) is 65.2 Å². The van der Waals surface area contributed by atoms with Crippen LogP contribution in [0, 0.1) is 6.92 Å². The number of halogens is 1. The number of anilines is 2. The first-order valence-electron chi connectivity index (χ1n) is 6.39. The molecule has 3 heteroatoms. The average molecular weight is 320 g/mol. The van der Waals surface area contributed by atoms with Crippen LogP contribution in [0.2, 0.25) is 0 Å². The van der Waals surface area contributed by atoms with Gasteiger partial charge in [0, 0.05) is 16.7 Å². The highest BCUT2D eigenvalue weighted by Gasteiger charge is 2.11. The first kappa shape index (κ1) is 14.1. The van der Waals surface area contributed by atoms with Crippen molar-refractivity contribution in [3.63, 3.8) is 0 Å². The minimum absolute atomic E-state index is 0.0649. The second kappa shape index (κ2) is 6.22. The fourth-order valence-electron chi connectivity index (χ4n) is 2.16. The molecule has 100 valence electrons. The molecule has 2 rings (SSSR count). The Labute approximate surface area is 122 Å². The van der Waals surface area contributed by atoms with Gasteiger partial charge in [-0.25, -0.2) is 0 Å². The van der Waals surface area contributed by atoms with Crippen molar-refractivity contribution in [2.45, 2.75) is 20.5 Å². The Kier molecular flexibility index (Phi) is 4.61. The van der Waals surface area contributed by atoms with Gasteiger partial charge in [-0.1, -0.05) is 18.2 Å². The van der Waals surface area contributed by atoms with E-state index in [9.17, 15) is 0 Å². The van der Waals surface area contributed by atoms with Gasteiger partial charge in [0.15, 0.2) is 0 Å². The number of nitrogens with zero attached hydrogens (tertiary/aromatic N) is 1. The highest BCUT2D eigenvalue weighted by atomic mass is 79.9. The fraction of sp³-hybridized carbons (Fsp3) is 0.250. The molecule has 0 amide bonds. The van der Waals surface area contributed by atoms with Crippen molar-refractivity contribution in [1.82, 2.24) is 0 Å². The molecule has 0 aliphatic carbocycles. The molecule has 0 aromatic heterocycles. The van der Waals surface area contributed by atoms with Crippen molar-refractivity contribution in [2.24, 2.45) is 0 Å². The van der Waals surface area contributed by atoms with E-state index < -0.39 is 0 Å². The molecule has 0 bridgehead atoms. The number of aliphatic hydroxyl groups is 1. The lowest BCUT2D eigenvalue weighted by atomic mass is 10.1. The maximum atomic E-state index is 9.17. The first-order chi connectivity index (χ1) is 9.15. The van der Waals surface area contributed by atoms with Gasteiger partial charge in [0.2, 0.25) is 0 Å². The summed E-state index contributed by atoms with van der Waals surface area (Å²) in [6.07, 6.45) is 0. The minimum atomic E-state index is 0.0649. The third-order valence-electron chi connectivity index (χ3n) is 3.12. The van der Waals surface area contributed by atoms with Gasteiger partial charge < -0.3 is 10.0 Å². The predicted molar refractivity (Wildman–Crippen MR) is 83.9 cm³/mol. The standard InChI is InChI=1S/C16H18BrNO/c1-3-18(14-6-4-5-12(2)9-14)16-8-7-13(11-19)10-15(16)17/h4-10,19H,3,11H2,1-2H3. The van der Waals surface area contributed by atoms with Gasteiger partial charge >= 0.3 is 0 Å². The zero-order chi connectivity index (χ0) is 13.8. The molecule has 0 aliphatic heterocycles. The second-order valence-corrected chi connectivity index (χ2v) is 5.38. The molecule has 19 heavy (non-hydrogen) atoms. The van der Waals surface area contributed by atoms with Gasteiger partial charge in [0.1, 0.15) is 0 Å². The summed E-state index contributed by atoms with van der Waals surface area (Å²) in [6, 6.07) is 14.4. The SMILES string of the molecule is CCN(c1cccc(C)c1)c1ccc(CO)cc1Br. The van der Waals surface area contributed by atoms with E-state index in [0.29, 0.717) is 0 Å². The van der Waals surface area contributed by atoms with Crippen LogP contribution in [0.4, 0.5) is 11.4 Å². The molecule has 0 atom stereocenters. The van der Waals surface area contributed by atoms with E-state index >= 15 is 0 Å². The summed E-state index contributed by atoms with van der Waals surface area (Å²) in [5.41, 5.74) is 4.46. The Bertz CT molecular complexity index is 568. The van der Waals surface area contributed by atoms with E-state index in [0.717, 1.165) is 22.3 Å². The zero-order valence-corrected chi connectivity index (χ0v) is 12.8. The quantitative estimate of drug-likeness (QED) is 0.902. The molecule has 2 aromatic carbocycles. The smallest absolute Gasteiger partial charge is 0.0682 e. The topological polar surface area (TPSA) is 23.5 Å². The molecule has 0 saturated carbocycles. The van der Waals surface area contributed by atoms with Crippen molar-refractivity contribution in [3.05, 3.63) is 58.1 Å². The van der Waals surface area contributed by atoms with Crippen molar-refractivity contribution < 1.29 is 5.11 Å². The predicted octanol–water partition coefficient (Wildman–Crippen LogP) is 4.41. The summed E-state index contributed by atoms with van der Waals surface area (Å²) in [7, 11) is 0. The molecule has 0 saturated heterocycles.